The average molecular weight is 303 g/mol. The highest BCUT2D eigenvalue weighted by Crippen LogP contribution is 2.39. The van der Waals surface area contributed by atoms with Crippen molar-refractivity contribution in [1.82, 2.24) is 4.90 Å². The van der Waals surface area contributed by atoms with Crippen molar-refractivity contribution >= 4 is 53.2 Å². The smallest absolute Gasteiger partial charge is 0.118 e. The Morgan fingerprint density at radius 3 is 1.87 bits per heavy atom. The Labute approximate surface area is 144 Å². The minimum Gasteiger partial charge on any atom is -0.509 e. The van der Waals surface area contributed by atoms with Crippen molar-refractivity contribution in [3.63, 3.8) is 0 Å². The fourth-order valence-electron chi connectivity index (χ4n) is 3.62. The summed E-state index contributed by atoms with van der Waals surface area (Å²) in [5.74, 6) is -0.606. The lowest BCUT2D eigenvalue weighted by molar-refractivity contribution is -0.0272. The van der Waals surface area contributed by atoms with E-state index >= 15 is 0 Å². The van der Waals surface area contributed by atoms with E-state index in [1.165, 1.54) is 0 Å². The van der Waals surface area contributed by atoms with Crippen LogP contribution in [-0.4, -0.2) is 72.7 Å². The van der Waals surface area contributed by atoms with Crippen LogP contribution in [0.2, 0.25) is 0 Å². The fourth-order valence-corrected chi connectivity index (χ4v) is 3.62. The van der Waals surface area contributed by atoms with E-state index in [4.69, 9.17) is 31.4 Å². The zero-order chi connectivity index (χ0) is 17.4. The van der Waals surface area contributed by atoms with Crippen LogP contribution in [0.3, 0.4) is 0 Å². The SMILES string of the molecule is [B]c1c([B])c(C(CN(C)C)C2(O)CCCCC2)c([B])c([B])c1O. The molecule has 8 radical (unpaired) electrons. The minimum absolute atomic E-state index is 0.0230. The van der Waals surface area contributed by atoms with Gasteiger partial charge in [0.1, 0.15) is 31.4 Å². The number of phenols is 1. The first-order chi connectivity index (χ1) is 10.7. The van der Waals surface area contributed by atoms with Crippen LogP contribution < -0.4 is 21.9 Å². The number of hydrogen-bond donors (Lipinski definition) is 2. The number of rotatable bonds is 4. The van der Waals surface area contributed by atoms with Crippen molar-refractivity contribution in [2.45, 2.75) is 43.6 Å². The summed E-state index contributed by atoms with van der Waals surface area (Å²) < 4.78 is 0. The van der Waals surface area contributed by atoms with Gasteiger partial charge in [-0.05, 0) is 26.9 Å². The molecule has 3 nitrogen and oxygen atoms in total. The van der Waals surface area contributed by atoms with E-state index in [0.29, 0.717) is 24.9 Å². The van der Waals surface area contributed by atoms with Crippen LogP contribution in [0, 0.1) is 0 Å². The molecular formula is C16H21B4NO2. The minimum atomic E-state index is -0.902. The summed E-state index contributed by atoms with van der Waals surface area (Å²) in [5.41, 5.74) is 0.112. The molecule has 0 spiro atoms. The first kappa shape index (κ1) is 18.5. The molecule has 1 atom stereocenters. The highest BCUT2D eigenvalue weighted by atomic mass is 16.3. The molecule has 0 amide bonds. The molecule has 0 heterocycles. The van der Waals surface area contributed by atoms with Crippen molar-refractivity contribution in [2.24, 2.45) is 0 Å². The maximum atomic E-state index is 11.3. The summed E-state index contributed by atoms with van der Waals surface area (Å²) in [7, 11) is 27.9. The zero-order valence-corrected chi connectivity index (χ0v) is 14.0. The predicted octanol–water partition coefficient (Wildman–Crippen LogP) is -2.09. The van der Waals surface area contributed by atoms with Gasteiger partial charge >= 0.3 is 0 Å². The summed E-state index contributed by atoms with van der Waals surface area (Å²) in [4.78, 5) is 1.98. The molecule has 23 heavy (non-hydrogen) atoms. The molecule has 1 aromatic carbocycles. The fraction of sp³-hybridized carbons (Fsp3) is 0.625. The van der Waals surface area contributed by atoms with Gasteiger partial charge in [0, 0.05) is 12.5 Å². The first-order valence-corrected chi connectivity index (χ1v) is 8.01. The molecule has 1 fully saturated rings. The third-order valence-electron chi connectivity index (χ3n) is 4.94. The van der Waals surface area contributed by atoms with Gasteiger partial charge in [0.05, 0.1) is 11.4 Å². The lowest BCUT2D eigenvalue weighted by Gasteiger charge is -2.43. The second-order valence-electron chi connectivity index (χ2n) is 6.90. The Morgan fingerprint density at radius 1 is 0.957 bits per heavy atom. The Kier molecular flexibility index (Phi) is 5.63. The summed E-state index contributed by atoms with van der Waals surface area (Å²) in [6.07, 6.45) is 4.41. The van der Waals surface area contributed by atoms with Gasteiger partial charge in [0.2, 0.25) is 0 Å². The van der Waals surface area contributed by atoms with Crippen molar-refractivity contribution in [1.29, 1.82) is 0 Å². The number of phenolic OH excluding ortho intramolecular Hbond substituents is 1. The van der Waals surface area contributed by atoms with E-state index in [9.17, 15) is 10.2 Å². The second-order valence-corrected chi connectivity index (χ2v) is 6.90. The molecule has 1 aliphatic carbocycles. The van der Waals surface area contributed by atoms with Gasteiger partial charge in [-0.15, -0.1) is 0 Å². The molecule has 1 saturated carbocycles. The van der Waals surface area contributed by atoms with E-state index in [1.54, 1.807) is 0 Å². The van der Waals surface area contributed by atoms with E-state index in [-0.39, 0.29) is 33.5 Å². The lowest BCUT2D eigenvalue weighted by Crippen LogP contribution is -2.52. The topological polar surface area (TPSA) is 43.7 Å². The Balaban J connectivity index is 2.60. The molecule has 0 aromatic heterocycles. The lowest BCUT2D eigenvalue weighted by atomic mass is 9.60. The second kappa shape index (κ2) is 6.98. The number of likely N-dealkylation sites (N-methyl/N-ethyl adjacent to an activating group) is 1. The molecule has 1 aliphatic rings. The van der Waals surface area contributed by atoms with E-state index < -0.39 is 5.60 Å². The molecule has 0 aliphatic heterocycles. The summed E-state index contributed by atoms with van der Waals surface area (Å²) in [6.45, 7) is 0.564. The number of hydrogen-bond acceptors (Lipinski definition) is 3. The third kappa shape index (κ3) is 3.51. The van der Waals surface area contributed by atoms with E-state index in [1.807, 2.05) is 19.0 Å². The highest BCUT2D eigenvalue weighted by Gasteiger charge is 2.40. The van der Waals surface area contributed by atoms with E-state index in [0.717, 1.165) is 19.3 Å². The third-order valence-corrected chi connectivity index (χ3v) is 4.94. The highest BCUT2D eigenvalue weighted by molar-refractivity contribution is 6.58. The molecule has 0 saturated heterocycles. The zero-order valence-electron chi connectivity index (χ0n) is 14.0. The van der Waals surface area contributed by atoms with Gasteiger partial charge in [0.15, 0.2) is 0 Å². The first-order valence-electron chi connectivity index (χ1n) is 8.01. The van der Waals surface area contributed by atoms with Crippen LogP contribution in [0.4, 0.5) is 0 Å². The van der Waals surface area contributed by atoms with Crippen LogP contribution in [-0.2, 0) is 0 Å². The molecule has 114 valence electrons. The number of benzene rings is 1. The van der Waals surface area contributed by atoms with Crippen LogP contribution in [0.5, 0.6) is 5.75 Å². The molecule has 7 heteroatoms. The molecule has 2 N–H and O–H groups in total. The van der Waals surface area contributed by atoms with Crippen molar-refractivity contribution in [2.75, 3.05) is 20.6 Å². The number of aliphatic hydroxyl groups is 1. The summed E-state index contributed by atoms with van der Waals surface area (Å²) in [5, 5.41) is 21.2. The number of aromatic hydroxyl groups is 1. The monoisotopic (exact) mass is 303 g/mol. The van der Waals surface area contributed by atoms with E-state index in [2.05, 4.69) is 0 Å². The molecule has 0 bridgehead atoms. The van der Waals surface area contributed by atoms with Crippen molar-refractivity contribution in [3.8, 4) is 5.75 Å². The summed E-state index contributed by atoms with van der Waals surface area (Å²) in [6, 6.07) is 0. The Bertz CT molecular complexity index is 557. The van der Waals surface area contributed by atoms with Crippen LogP contribution in [0.25, 0.3) is 0 Å². The number of nitrogens with zero attached hydrogens (tertiary/aromatic N) is 1. The van der Waals surface area contributed by atoms with Gasteiger partial charge in [-0.25, -0.2) is 0 Å². The maximum absolute atomic E-state index is 11.3. The normalized spacial score (nSPS) is 19.0. The average Bonchev–Trinajstić information content (AvgIpc) is 2.50. The Morgan fingerprint density at radius 2 is 1.43 bits per heavy atom. The quantitative estimate of drug-likeness (QED) is 0.627. The molecular weight excluding hydrogens is 281 g/mol. The van der Waals surface area contributed by atoms with Crippen LogP contribution >= 0.6 is 0 Å². The van der Waals surface area contributed by atoms with Gasteiger partial charge < -0.3 is 15.1 Å². The molecule has 1 unspecified atom stereocenters. The summed E-state index contributed by atoms with van der Waals surface area (Å²) >= 11 is 0. The standard InChI is InChI=1S/C16H21B4NO2/c1-21(2)8-9(16(23)6-4-3-5-7-16)10-11(17)13(19)15(22)14(20)12(10)18/h9,22-23H,3-8H2,1-2H3. The van der Waals surface area contributed by atoms with Gasteiger partial charge in [-0.2, -0.15) is 0 Å². The van der Waals surface area contributed by atoms with Gasteiger partial charge in [-0.1, -0.05) is 46.7 Å². The van der Waals surface area contributed by atoms with Gasteiger partial charge in [0.25, 0.3) is 0 Å². The Hall–Kier alpha value is -0.800. The predicted molar refractivity (Wildman–Crippen MR) is 99.0 cm³/mol. The van der Waals surface area contributed by atoms with Crippen molar-refractivity contribution < 1.29 is 10.2 Å². The van der Waals surface area contributed by atoms with Gasteiger partial charge in [-0.3, -0.25) is 0 Å². The maximum Gasteiger partial charge on any atom is 0.118 e. The molecule has 2 rings (SSSR count). The van der Waals surface area contributed by atoms with Crippen LogP contribution in [0.1, 0.15) is 43.6 Å². The largest absolute Gasteiger partial charge is 0.509 e. The molecule has 1 aromatic rings. The van der Waals surface area contributed by atoms with Crippen molar-refractivity contribution in [3.05, 3.63) is 5.56 Å². The van der Waals surface area contributed by atoms with Crippen LogP contribution in [0.15, 0.2) is 0 Å².